The maximum Gasteiger partial charge on any atom is 0.171 e. The molecule has 1 atom stereocenters. The first-order chi connectivity index (χ1) is 9.56. The first-order valence-electron chi connectivity index (χ1n) is 6.30. The number of anilines is 1. The molecule has 5 heteroatoms. The van der Waals surface area contributed by atoms with Crippen LogP contribution in [0.5, 0.6) is 0 Å². The van der Waals surface area contributed by atoms with Gasteiger partial charge in [-0.15, -0.1) is 0 Å². The molecule has 104 valence electrons. The lowest BCUT2D eigenvalue weighted by Crippen LogP contribution is -2.30. The zero-order chi connectivity index (χ0) is 14.5. The predicted molar refractivity (Wildman–Crippen MR) is 83.1 cm³/mol. The van der Waals surface area contributed by atoms with Gasteiger partial charge in [-0.3, -0.25) is 4.98 Å². The summed E-state index contributed by atoms with van der Waals surface area (Å²) in [5.41, 5.74) is 2.33. The quantitative estimate of drug-likeness (QED) is 0.847. The highest BCUT2D eigenvalue weighted by atomic mass is 32.1. The van der Waals surface area contributed by atoms with Gasteiger partial charge in [-0.05, 0) is 61.5 Å². The third-order valence-corrected chi connectivity index (χ3v) is 3.20. The van der Waals surface area contributed by atoms with Gasteiger partial charge in [0.05, 0.1) is 6.04 Å². The molecule has 0 saturated heterocycles. The standard InChI is InChI=1S/C15H16FN3S/c1-10-3-4-13(9-14(10)16)19-15(20)18-11(2)12-5-7-17-8-6-12/h3-9,11H,1-2H3,(H2,18,19,20)/t11-/m1/s1. The van der Waals surface area contributed by atoms with Gasteiger partial charge in [0, 0.05) is 18.1 Å². The van der Waals surface area contributed by atoms with E-state index in [9.17, 15) is 4.39 Å². The fourth-order valence-electron chi connectivity index (χ4n) is 1.77. The van der Waals surface area contributed by atoms with Gasteiger partial charge >= 0.3 is 0 Å². The summed E-state index contributed by atoms with van der Waals surface area (Å²) in [6.45, 7) is 3.72. The average Bonchev–Trinajstić information content (AvgIpc) is 2.44. The van der Waals surface area contributed by atoms with E-state index >= 15 is 0 Å². The van der Waals surface area contributed by atoms with E-state index in [1.807, 2.05) is 19.1 Å². The van der Waals surface area contributed by atoms with Crippen molar-refractivity contribution in [1.29, 1.82) is 0 Å². The monoisotopic (exact) mass is 289 g/mol. The molecule has 1 aromatic carbocycles. The Hall–Kier alpha value is -2.01. The number of halogens is 1. The van der Waals surface area contributed by atoms with E-state index in [2.05, 4.69) is 15.6 Å². The number of rotatable bonds is 3. The normalized spacial score (nSPS) is 11.8. The van der Waals surface area contributed by atoms with E-state index < -0.39 is 0 Å². The molecule has 0 aliphatic rings. The molecule has 0 aliphatic carbocycles. The van der Waals surface area contributed by atoms with Gasteiger partial charge in [-0.1, -0.05) is 6.07 Å². The molecule has 2 rings (SSSR count). The number of aryl methyl sites for hydroxylation is 1. The molecular formula is C15H16FN3S. The van der Waals surface area contributed by atoms with Crippen LogP contribution in [0.25, 0.3) is 0 Å². The van der Waals surface area contributed by atoms with Crippen molar-refractivity contribution < 1.29 is 4.39 Å². The molecule has 1 aromatic heterocycles. The summed E-state index contributed by atoms with van der Waals surface area (Å²) in [5, 5.41) is 6.58. The molecule has 0 fully saturated rings. The average molecular weight is 289 g/mol. The molecule has 1 heterocycles. The van der Waals surface area contributed by atoms with Crippen molar-refractivity contribution in [2.45, 2.75) is 19.9 Å². The van der Waals surface area contributed by atoms with Crippen LogP contribution in [0.15, 0.2) is 42.7 Å². The Morgan fingerprint density at radius 2 is 1.95 bits per heavy atom. The van der Waals surface area contributed by atoms with E-state index in [-0.39, 0.29) is 11.9 Å². The number of hydrogen-bond donors (Lipinski definition) is 2. The highest BCUT2D eigenvalue weighted by molar-refractivity contribution is 7.80. The first-order valence-corrected chi connectivity index (χ1v) is 6.70. The van der Waals surface area contributed by atoms with E-state index in [1.54, 1.807) is 31.5 Å². The van der Waals surface area contributed by atoms with Crippen molar-refractivity contribution in [2.24, 2.45) is 0 Å². The van der Waals surface area contributed by atoms with Gasteiger partial charge in [-0.25, -0.2) is 4.39 Å². The van der Waals surface area contributed by atoms with Gasteiger partial charge in [0.2, 0.25) is 0 Å². The van der Waals surface area contributed by atoms with Crippen molar-refractivity contribution in [3.05, 3.63) is 59.7 Å². The number of benzene rings is 1. The molecule has 0 spiro atoms. The summed E-state index contributed by atoms with van der Waals surface area (Å²) >= 11 is 5.23. The number of nitrogens with one attached hydrogen (secondary N) is 2. The lowest BCUT2D eigenvalue weighted by atomic mass is 10.1. The van der Waals surface area contributed by atoms with Gasteiger partial charge < -0.3 is 10.6 Å². The van der Waals surface area contributed by atoms with Crippen molar-refractivity contribution in [3.63, 3.8) is 0 Å². The van der Waals surface area contributed by atoms with Crippen molar-refractivity contribution in [2.75, 3.05) is 5.32 Å². The minimum Gasteiger partial charge on any atom is -0.356 e. The molecule has 20 heavy (non-hydrogen) atoms. The molecule has 0 radical (unpaired) electrons. The summed E-state index contributed by atoms with van der Waals surface area (Å²) in [4.78, 5) is 3.97. The fraction of sp³-hybridized carbons (Fsp3) is 0.200. The van der Waals surface area contributed by atoms with Gasteiger partial charge in [0.25, 0.3) is 0 Å². The minimum atomic E-state index is -0.250. The number of nitrogens with zero attached hydrogens (tertiary/aromatic N) is 1. The second-order valence-corrected chi connectivity index (χ2v) is 4.97. The van der Waals surface area contributed by atoms with Crippen LogP contribution in [0.1, 0.15) is 24.1 Å². The van der Waals surface area contributed by atoms with E-state index in [0.29, 0.717) is 16.4 Å². The molecule has 0 amide bonds. The third-order valence-electron chi connectivity index (χ3n) is 2.98. The lowest BCUT2D eigenvalue weighted by Gasteiger charge is -2.17. The van der Waals surface area contributed by atoms with E-state index in [4.69, 9.17) is 12.2 Å². The lowest BCUT2D eigenvalue weighted by molar-refractivity contribution is 0.619. The van der Waals surface area contributed by atoms with Crippen LogP contribution in [0.4, 0.5) is 10.1 Å². The fourth-order valence-corrected chi connectivity index (χ4v) is 2.06. The Morgan fingerprint density at radius 1 is 1.25 bits per heavy atom. The molecule has 0 saturated carbocycles. The van der Waals surface area contributed by atoms with Gasteiger partial charge in [0.1, 0.15) is 5.82 Å². The Balaban J connectivity index is 1.97. The number of thiocarbonyl (C=S) groups is 1. The van der Waals surface area contributed by atoms with Crippen LogP contribution in [-0.4, -0.2) is 10.1 Å². The second-order valence-electron chi connectivity index (χ2n) is 4.56. The van der Waals surface area contributed by atoms with E-state index in [0.717, 1.165) is 5.56 Å². The third kappa shape index (κ3) is 3.74. The number of pyridine rings is 1. The maximum absolute atomic E-state index is 13.4. The van der Waals surface area contributed by atoms with Crippen LogP contribution in [-0.2, 0) is 0 Å². The molecule has 2 aromatic rings. The Labute approximate surface area is 123 Å². The van der Waals surface area contributed by atoms with Crippen molar-refractivity contribution in [1.82, 2.24) is 10.3 Å². The second kappa shape index (κ2) is 6.43. The van der Waals surface area contributed by atoms with Crippen LogP contribution in [0, 0.1) is 12.7 Å². The zero-order valence-corrected chi connectivity index (χ0v) is 12.2. The predicted octanol–water partition coefficient (Wildman–Crippen LogP) is 3.58. The van der Waals surface area contributed by atoms with Crippen molar-refractivity contribution >= 4 is 23.0 Å². The zero-order valence-electron chi connectivity index (χ0n) is 11.4. The highest BCUT2D eigenvalue weighted by Gasteiger charge is 2.07. The Bertz CT molecular complexity index is 601. The summed E-state index contributed by atoms with van der Waals surface area (Å²) in [7, 11) is 0. The summed E-state index contributed by atoms with van der Waals surface area (Å²) in [6.07, 6.45) is 3.47. The largest absolute Gasteiger partial charge is 0.356 e. The van der Waals surface area contributed by atoms with Gasteiger partial charge in [-0.2, -0.15) is 0 Å². The Kier molecular flexibility index (Phi) is 4.63. The Morgan fingerprint density at radius 3 is 2.60 bits per heavy atom. The van der Waals surface area contributed by atoms with Crippen LogP contribution in [0.2, 0.25) is 0 Å². The van der Waals surface area contributed by atoms with E-state index in [1.165, 1.54) is 6.07 Å². The summed E-state index contributed by atoms with van der Waals surface area (Å²) in [5.74, 6) is -0.250. The van der Waals surface area contributed by atoms with Crippen LogP contribution in [0.3, 0.4) is 0 Å². The molecule has 0 aliphatic heterocycles. The molecular weight excluding hydrogens is 273 g/mol. The summed E-state index contributed by atoms with van der Waals surface area (Å²) in [6, 6.07) is 8.84. The number of hydrogen-bond acceptors (Lipinski definition) is 2. The minimum absolute atomic E-state index is 0.0493. The summed E-state index contributed by atoms with van der Waals surface area (Å²) < 4.78 is 13.4. The maximum atomic E-state index is 13.4. The molecule has 3 nitrogen and oxygen atoms in total. The topological polar surface area (TPSA) is 37.0 Å². The van der Waals surface area contributed by atoms with Gasteiger partial charge in [0.15, 0.2) is 5.11 Å². The van der Waals surface area contributed by atoms with Crippen LogP contribution < -0.4 is 10.6 Å². The SMILES string of the molecule is Cc1ccc(NC(=S)N[C@H](C)c2ccncc2)cc1F. The molecule has 0 bridgehead atoms. The molecule has 0 unspecified atom stereocenters. The van der Waals surface area contributed by atoms with Crippen LogP contribution >= 0.6 is 12.2 Å². The van der Waals surface area contributed by atoms with Crippen molar-refractivity contribution in [3.8, 4) is 0 Å². The molecule has 2 N–H and O–H groups in total. The highest BCUT2D eigenvalue weighted by Crippen LogP contribution is 2.14. The number of aromatic nitrogens is 1. The smallest absolute Gasteiger partial charge is 0.171 e. The first kappa shape index (κ1) is 14.4.